The van der Waals surface area contributed by atoms with E-state index in [9.17, 15) is 4.79 Å². The highest BCUT2D eigenvalue weighted by Crippen LogP contribution is 2.34. The van der Waals surface area contributed by atoms with Crippen LogP contribution in [0.1, 0.15) is 55.0 Å². The van der Waals surface area contributed by atoms with Gasteiger partial charge in [0.15, 0.2) is 0 Å². The van der Waals surface area contributed by atoms with Crippen LogP contribution in [-0.2, 0) is 11.3 Å². The molecule has 4 rings (SSSR count). The Hall–Kier alpha value is -2.62. The number of imidazole rings is 1. The van der Waals surface area contributed by atoms with E-state index < -0.39 is 0 Å². The molecule has 0 spiro atoms. The molecular weight excluding hydrogens is 334 g/mol. The second kappa shape index (κ2) is 7.55. The largest absolute Gasteiger partial charge is 0.325 e. The van der Waals surface area contributed by atoms with Gasteiger partial charge >= 0.3 is 0 Å². The highest BCUT2D eigenvalue weighted by molar-refractivity contribution is 5.92. The Labute approximate surface area is 160 Å². The van der Waals surface area contributed by atoms with Gasteiger partial charge in [-0.05, 0) is 62.1 Å². The van der Waals surface area contributed by atoms with Crippen molar-refractivity contribution >= 4 is 22.6 Å². The Morgan fingerprint density at radius 3 is 2.63 bits per heavy atom. The summed E-state index contributed by atoms with van der Waals surface area (Å²) in [5.41, 5.74) is 5.30. The first-order valence-corrected chi connectivity index (χ1v) is 9.94. The van der Waals surface area contributed by atoms with Crippen LogP contribution in [0.5, 0.6) is 0 Å². The molecule has 1 N–H and O–H groups in total. The number of carbonyl (C=O) groups excluding carboxylic acids is 1. The number of hydrogen-bond donors (Lipinski definition) is 1. The average molecular weight is 361 g/mol. The summed E-state index contributed by atoms with van der Waals surface area (Å²) in [6, 6.07) is 14.2. The highest BCUT2D eigenvalue weighted by atomic mass is 16.1. The molecule has 1 heterocycles. The quantitative estimate of drug-likeness (QED) is 0.682. The number of hydrogen-bond acceptors (Lipinski definition) is 2. The Morgan fingerprint density at radius 2 is 1.85 bits per heavy atom. The van der Waals surface area contributed by atoms with E-state index in [2.05, 4.69) is 29.8 Å². The normalized spacial score (nSPS) is 15.2. The highest BCUT2D eigenvalue weighted by Gasteiger charge is 2.23. The first kappa shape index (κ1) is 17.8. The number of nitrogens with zero attached hydrogens (tertiary/aromatic N) is 2. The number of rotatable bonds is 4. The zero-order chi connectivity index (χ0) is 18.8. The molecule has 0 radical (unpaired) electrons. The second-order valence-electron chi connectivity index (χ2n) is 7.73. The summed E-state index contributed by atoms with van der Waals surface area (Å²) in [6.45, 7) is 4.45. The fourth-order valence-corrected chi connectivity index (χ4v) is 4.10. The van der Waals surface area contributed by atoms with Gasteiger partial charge in [0.05, 0.1) is 11.0 Å². The molecule has 2 aromatic carbocycles. The zero-order valence-corrected chi connectivity index (χ0v) is 16.2. The van der Waals surface area contributed by atoms with Crippen LogP contribution in [0, 0.1) is 13.8 Å². The third-order valence-corrected chi connectivity index (χ3v) is 5.75. The van der Waals surface area contributed by atoms with E-state index in [4.69, 9.17) is 4.98 Å². The first-order chi connectivity index (χ1) is 13.1. The molecule has 0 aliphatic heterocycles. The zero-order valence-electron chi connectivity index (χ0n) is 16.2. The molecule has 1 fully saturated rings. The molecule has 3 aromatic rings. The molecule has 4 nitrogen and oxygen atoms in total. The number of anilines is 1. The Bertz CT molecular complexity index is 967. The van der Waals surface area contributed by atoms with E-state index in [1.807, 2.05) is 36.4 Å². The maximum Gasteiger partial charge on any atom is 0.244 e. The number of aromatic nitrogens is 2. The lowest BCUT2D eigenvalue weighted by molar-refractivity contribution is -0.116. The van der Waals surface area contributed by atoms with Gasteiger partial charge in [-0.2, -0.15) is 0 Å². The molecule has 1 aliphatic rings. The summed E-state index contributed by atoms with van der Waals surface area (Å²) in [6.07, 6.45) is 6.15. The number of benzene rings is 2. The monoisotopic (exact) mass is 361 g/mol. The van der Waals surface area contributed by atoms with Crippen LogP contribution in [-0.4, -0.2) is 15.5 Å². The van der Waals surface area contributed by atoms with Crippen LogP contribution >= 0.6 is 0 Å². The van der Waals surface area contributed by atoms with Gasteiger partial charge in [0.1, 0.15) is 12.4 Å². The molecular formula is C23H27N3O. The maximum atomic E-state index is 12.8. The van der Waals surface area contributed by atoms with Crippen molar-refractivity contribution in [2.75, 3.05) is 5.32 Å². The van der Waals surface area contributed by atoms with Crippen LogP contribution in [0.4, 0.5) is 5.69 Å². The van der Waals surface area contributed by atoms with Crippen molar-refractivity contribution in [3.05, 3.63) is 59.4 Å². The van der Waals surface area contributed by atoms with E-state index >= 15 is 0 Å². The number of aryl methyl sites for hydroxylation is 2. The van der Waals surface area contributed by atoms with Crippen LogP contribution in [0.2, 0.25) is 0 Å². The Kier molecular flexibility index (Phi) is 4.97. The summed E-state index contributed by atoms with van der Waals surface area (Å²) >= 11 is 0. The molecule has 0 unspecified atom stereocenters. The van der Waals surface area contributed by atoms with Crippen molar-refractivity contribution in [1.82, 2.24) is 9.55 Å². The minimum Gasteiger partial charge on any atom is -0.325 e. The number of para-hydroxylation sites is 2. The molecule has 0 saturated heterocycles. The van der Waals surface area contributed by atoms with Gasteiger partial charge < -0.3 is 9.88 Å². The van der Waals surface area contributed by atoms with Crippen molar-refractivity contribution in [1.29, 1.82) is 0 Å². The minimum atomic E-state index is -0.00142. The van der Waals surface area contributed by atoms with Crippen molar-refractivity contribution in [3.63, 3.8) is 0 Å². The SMILES string of the molecule is Cc1ccc(NC(=O)Cn2c(C3CCCCC3)nc3ccccc32)cc1C. The lowest BCUT2D eigenvalue weighted by Gasteiger charge is -2.22. The van der Waals surface area contributed by atoms with E-state index in [-0.39, 0.29) is 5.91 Å². The fraction of sp³-hybridized carbons (Fsp3) is 0.391. The van der Waals surface area contributed by atoms with Gasteiger partial charge in [0, 0.05) is 11.6 Å². The van der Waals surface area contributed by atoms with Crippen LogP contribution < -0.4 is 5.32 Å². The minimum absolute atomic E-state index is 0.00142. The predicted molar refractivity (Wildman–Crippen MR) is 110 cm³/mol. The molecule has 1 aromatic heterocycles. The molecule has 140 valence electrons. The Balaban J connectivity index is 1.61. The summed E-state index contributed by atoms with van der Waals surface area (Å²) in [5, 5.41) is 3.06. The molecule has 1 aliphatic carbocycles. The third-order valence-electron chi connectivity index (χ3n) is 5.75. The molecule has 4 heteroatoms. The fourth-order valence-electron chi connectivity index (χ4n) is 4.10. The van der Waals surface area contributed by atoms with E-state index in [1.54, 1.807) is 0 Å². The lowest BCUT2D eigenvalue weighted by Crippen LogP contribution is -2.22. The number of nitrogens with one attached hydrogen (secondary N) is 1. The Morgan fingerprint density at radius 1 is 1.07 bits per heavy atom. The predicted octanol–water partition coefficient (Wildman–Crippen LogP) is 5.34. The van der Waals surface area contributed by atoms with Crippen LogP contribution in [0.25, 0.3) is 11.0 Å². The van der Waals surface area contributed by atoms with Crippen molar-refractivity contribution in [2.24, 2.45) is 0 Å². The summed E-state index contributed by atoms with van der Waals surface area (Å²) in [4.78, 5) is 17.7. The van der Waals surface area contributed by atoms with E-state index in [1.165, 1.54) is 43.2 Å². The van der Waals surface area contributed by atoms with Gasteiger partial charge in [-0.1, -0.05) is 37.5 Å². The van der Waals surface area contributed by atoms with Crippen LogP contribution in [0.15, 0.2) is 42.5 Å². The van der Waals surface area contributed by atoms with Gasteiger partial charge in [0.25, 0.3) is 0 Å². The van der Waals surface area contributed by atoms with Crippen molar-refractivity contribution < 1.29 is 4.79 Å². The summed E-state index contributed by atoms with van der Waals surface area (Å²) in [7, 11) is 0. The molecule has 0 bridgehead atoms. The average Bonchev–Trinajstić information content (AvgIpc) is 3.04. The topological polar surface area (TPSA) is 46.9 Å². The number of fused-ring (bicyclic) bond motifs is 1. The molecule has 27 heavy (non-hydrogen) atoms. The summed E-state index contributed by atoms with van der Waals surface area (Å²) < 4.78 is 2.13. The van der Waals surface area contributed by atoms with Crippen molar-refractivity contribution in [3.8, 4) is 0 Å². The maximum absolute atomic E-state index is 12.8. The van der Waals surface area contributed by atoms with Gasteiger partial charge in [-0.3, -0.25) is 4.79 Å². The number of amides is 1. The van der Waals surface area contributed by atoms with Gasteiger partial charge in [-0.15, -0.1) is 0 Å². The van der Waals surface area contributed by atoms with Crippen molar-refractivity contribution in [2.45, 2.75) is 58.4 Å². The van der Waals surface area contributed by atoms with Gasteiger partial charge in [0.2, 0.25) is 5.91 Å². The van der Waals surface area contributed by atoms with E-state index in [0.29, 0.717) is 12.5 Å². The molecule has 1 saturated carbocycles. The standard InChI is InChI=1S/C23H27N3O/c1-16-12-13-19(14-17(16)2)24-22(27)15-26-21-11-7-6-10-20(21)25-23(26)18-8-4-3-5-9-18/h6-7,10-14,18H,3-5,8-9,15H2,1-2H3,(H,24,27). The van der Waals surface area contributed by atoms with Crippen LogP contribution in [0.3, 0.4) is 0 Å². The smallest absolute Gasteiger partial charge is 0.244 e. The number of carbonyl (C=O) groups is 1. The molecule has 1 amide bonds. The van der Waals surface area contributed by atoms with Gasteiger partial charge in [-0.25, -0.2) is 4.98 Å². The molecule has 0 atom stereocenters. The second-order valence-corrected chi connectivity index (χ2v) is 7.73. The third kappa shape index (κ3) is 3.75. The lowest BCUT2D eigenvalue weighted by atomic mass is 9.88. The summed E-state index contributed by atoms with van der Waals surface area (Å²) in [5.74, 6) is 1.53. The first-order valence-electron chi connectivity index (χ1n) is 9.94. The van der Waals surface area contributed by atoms with E-state index in [0.717, 1.165) is 22.5 Å².